The number of hydrogen-bond acceptors (Lipinski definition) is 3. The molecule has 0 saturated carbocycles. The van der Waals surface area contributed by atoms with Crippen molar-refractivity contribution >= 4 is 5.78 Å². The number of carbonyl (C=O) groups is 1. The van der Waals surface area contributed by atoms with Crippen LogP contribution in [-0.4, -0.2) is 17.5 Å². The average molecular weight is 284 g/mol. The second-order valence-electron chi connectivity index (χ2n) is 5.29. The van der Waals surface area contributed by atoms with E-state index < -0.39 is 0 Å². The molecule has 0 atom stereocenters. The van der Waals surface area contributed by atoms with Gasteiger partial charge in [-0.3, -0.25) is 4.79 Å². The number of rotatable bonds is 5. The van der Waals surface area contributed by atoms with Crippen LogP contribution < -0.4 is 4.74 Å². The van der Waals surface area contributed by atoms with Crippen LogP contribution in [0.1, 0.15) is 32.6 Å². The van der Waals surface area contributed by atoms with Crippen LogP contribution in [0.15, 0.2) is 36.4 Å². The molecule has 0 bridgehead atoms. The normalized spacial score (nSPS) is 10.5. The van der Waals surface area contributed by atoms with Crippen molar-refractivity contribution in [3.8, 4) is 5.75 Å². The Balaban J connectivity index is 2.08. The van der Waals surface area contributed by atoms with Gasteiger partial charge in [-0.15, -0.1) is 0 Å². The van der Waals surface area contributed by atoms with E-state index in [-0.39, 0.29) is 19.0 Å². The molecule has 0 radical (unpaired) electrons. The number of aryl methyl sites for hydroxylation is 3. The average Bonchev–Trinajstić information content (AvgIpc) is 2.44. The molecule has 2 aromatic carbocycles. The zero-order valence-electron chi connectivity index (χ0n) is 12.6. The second kappa shape index (κ2) is 6.55. The van der Waals surface area contributed by atoms with E-state index >= 15 is 0 Å². The zero-order chi connectivity index (χ0) is 15.4. The zero-order valence-corrected chi connectivity index (χ0v) is 12.6. The summed E-state index contributed by atoms with van der Waals surface area (Å²) in [5.74, 6) is 0.610. The highest BCUT2D eigenvalue weighted by Gasteiger charge is 2.13. The fourth-order valence-corrected chi connectivity index (χ4v) is 2.53. The van der Waals surface area contributed by atoms with E-state index in [2.05, 4.69) is 0 Å². The van der Waals surface area contributed by atoms with E-state index in [1.807, 2.05) is 32.9 Å². The summed E-state index contributed by atoms with van der Waals surface area (Å²) in [6.07, 6.45) is 0. The van der Waals surface area contributed by atoms with E-state index in [0.29, 0.717) is 5.75 Å². The summed E-state index contributed by atoms with van der Waals surface area (Å²) < 4.78 is 5.53. The second-order valence-corrected chi connectivity index (χ2v) is 5.29. The van der Waals surface area contributed by atoms with Crippen molar-refractivity contribution in [3.05, 3.63) is 64.2 Å². The molecule has 0 aliphatic carbocycles. The summed E-state index contributed by atoms with van der Waals surface area (Å²) in [5.41, 5.74) is 4.68. The van der Waals surface area contributed by atoms with Gasteiger partial charge in [0.1, 0.15) is 5.75 Å². The quantitative estimate of drug-likeness (QED) is 0.856. The van der Waals surface area contributed by atoms with Crippen LogP contribution in [-0.2, 0) is 6.61 Å². The lowest BCUT2D eigenvalue weighted by molar-refractivity contribution is 0.0920. The number of carbonyl (C=O) groups excluding carboxylic acids is 1. The monoisotopic (exact) mass is 284 g/mol. The Morgan fingerprint density at radius 2 is 1.62 bits per heavy atom. The first-order valence-electron chi connectivity index (χ1n) is 6.95. The molecule has 2 aromatic rings. The van der Waals surface area contributed by atoms with Gasteiger partial charge in [0.25, 0.3) is 0 Å². The van der Waals surface area contributed by atoms with Crippen molar-refractivity contribution in [2.75, 3.05) is 6.61 Å². The lowest BCUT2D eigenvalue weighted by atomic mass is 9.97. The Morgan fingerprint density at radius 3 is 2.14 bits per heavy atom. The van der Waals surface area contributed by atoms with E-state index in [1.165, 1.54) is 0 Å². The Kier molecular flexibility index (Phi) is 4.76. The van der Waals surface area contributed by atoms with Gasteiger partial charge in [-0.05, 0) is 49.6 Å². The molecule has 110 valence electrons. The topological polar surface area (TPSA) is 46.5 Å². The molecular formula is C18H20O3. The summed E-state index contributed by atoms with van der Waals surface area (Å²) in [5, 5.41) is 8.98. The third-order valence-electron chi connectivity index (χ3n) is 3.43. The Bertz CT molecular complexity index is 619. The Morgan fingerprint density at radius 1 is 1.05 bits per heavy atom. The van der Waals surface area contributed by atoms with Crippen LogP contribution in [0.3, 0.4) is 0 Å². The molecule has 3 heteroatoms. The van der Waals surface area contributed by atoms with Crippen molar-refractivity contribution in [3.63, 3.8) is 0 Å². The maximum Gasteiger partial charge on any atom is 0.200 e. The van der Waals surface area contributed by atoms with Crippen LogP contribution in [0.5, 0.6) is 5.75 Å². The molecule has 0 aromatic heterocycles. The van der Waals surface area contributed by atoms with Crippen molar-refractivity contribution in [1.29, 1.82) is 0 Å². The highest BCUT2D eigenvalue weighted by molar-refractivity contribution is 6.00. The minimum atomic E-state index is -0.0174. The first kappa shape index (κ1) is 15.3. The number of ketones is 1. The van der Waals surface area contributed by atoms with Gasteiger partial charge in [0.15, 0.2) is 6.61 Å². The van der Waals surface area contributed by atoms with E-state index in [9.17, 15) is 4.79 Å². The molecule has 0 fully saturated rings. The molecule has 0 unspecified atom stereocenters. The minimum Gasteiger partial charge on any atom is -0.485 e. The highest BCUT2D eigenvalue weighted by atomic mass is 16.5. The summed E-state index contributed by atoms with van der Waals surface area (Å²) in [7, 11) is 0. The third kappa shape index (κ3) is 3.70. The van der Waals surface area contributed by atoms with Gasteiger partial charge >= 0.3 is 0 Å². The number of aliphatic hydroxyl groups excluding tert-OH is 1. The van der Waals surface area contributed by atoms with Crippen LogP contribution in [0.4, 0.5) is 0 Å². The van der Waals surface area contributed by atoms with Crippen molar-refractivity contribution in [2.45, 2.75) is 27.4 Å². The molecule has 0 spiro atoms. The van der Waals surface area contributed by atoms with Gasteiger partial charge in [-0.2, -0.15) is 0 Å². The number of aliphatic hydroxyl groups is 1. The van der Waals surface area contributed by atoms with E-state index in [0.717, 1.165) is 27.8 Å². The summed E-state index contributed by atoms with van der Waals surface area (Å²) in [6, 6.07) is 11.1. The van der Waals surface area contributed by atoms with Gasteiger partial charge in [0, 0.05) is 5.56 Å². The number of Topliss-reactive ketones (excluding diaryl/α,β-unsaturated/α-hetero) is 1. The van der Waals surface area contributed by atoms with Crippen LogP contribution in [0.2, 0.25) is 0 Å². The molecule has 21 heavy (non-hydrogen) atoms. The van der Waals surface area contributed by atoms with Crippen molar-refractivity contribution in [2.24, 2.45) is 0 Å². The van der Waals surface area contributed by atoms with Gasteiger partial charge in [-0.25, -0.2) is 0 Å². The van der Waals surface area contributed by atoms with Gasteiger partial charge in [0.05, 0.1) is 6.61 Å². The molecule has 1 N–H and O–H groups in total. The Labute approximate surface area is 125 Å². The molecular weight excluding hydrogens is 264 g/mol. The van der Waals surface area contributed by atoms with Crippen LogP contribution in [0, 0.1) is 20.8 Å². The largest absolute Gasteiger partial charge is 0.485 e. The predicted molar refractivity (Wildman–Crippen MR) is 82.8 cm³/mol. The van der Waals surface area contributed by atoms with Crippen molar-refractivity contribution < 1.29 is 14.6 Å². The molecule has 0 saturated heterocycles. The van der Waals surface area contributed by atoms with Crippen molar-refractivity contribution in [1.82, 2.24) is 0 Å². The molecule has 0 aliphatic rings. The molecule has 0 heterocycles. The maximum atomic E-state index is 12.3. The number of hydrogen-bond donors (Lipinski definition) is 1. The van der Waals surface area contributed by atoms with Crippen LogP contribution >= 0.6 is 0 Å². The third-order valence-corrected chi connectivity index (χ3v) is 3.43. The molecule has 3 nitrogen and oxygen atoms in total. The molecule has 0 amide bonds. The number of ether oxygens (including phenoxy) is 1. The highest BCUT2D eigenvalue weighted by Crippen LogP contribution is 2.18. The standard InChI is InChI=1S/C18H20O3/c1-12-8-13(2)18(14(3)9-12)17(20)11-21-16-6-4-15(10-19)5-7-16/h4-9,19H,10-11H2,1-3H3. The van der Waals surface area contributed by atoms with Gasteiger partial charge in [-0.1, -0.05) is 29.8 Å². The minimum absolute atomic E-state index is 0.000959. The Hall–Kier alpha value is -2.13. The van der Waals surface area contributed by atoms with Gasteiger partial charge in [0.2, 0.25) is 5.78 Å². The van der Waals surface area contributed by atoms with Crippen LogP contribution in [0.25, 0.3) is 0 Å². The predicted octanol–water partition coefficient (Wildman–Crippen LogP) is 3.37. The van der Waals surface area contributed by atoms with E-state index in [4.69, 9.17) is 9.84 Å². The lowest BCUT2D eigenvalue weighted by Crippen LogP contribution is -2.14. The summed E-state index contributed by atoms with van der Waals surface area (Å²) in [6.45, 7) is 5.93. The van der Waals surface area contributed by atoms with Gasteiger partial charge < -0.3 is 9.84 Å². The summed E-state index contributed by atoms with van der Waals surface area (Å²) >= 11 is 0. The lowest BCUT2D eigenvalue weighted by Gasteiger charge is -2.11. The fraction of sp³-hybridized carbons (Fsp3) is 0.278. The molecule has 0 aliphatic heterocycles. The first-order valence-corrected chi connectivity index (χ1v) is 6.95. The number of benzene rings is 2. The fourth-order valence-electron chi connectivity index (χ4n) is 2.53. The first-order chi connectivity index (χ1) is 10.0. The summed E-state index contributed by atoms with van der Waals surface area (Å²) in [4.78, 5) is 12.3. The molecule has 2 rings (SSSR count). The maximum absolute atomic E-state index is 12.3. The SMILES string of the molecule is Cc1cc(C)c(C(=O)COc2ccc(CO)cc2)c(C)c1. The smallest absolute Gasteiger partial charge is 0.200 e. The van der Waals surface area contributed by atoms with E-state index in [1.54, 1.807) is 24.3 Å².